The van der Waals surface area contributed by atoms with E-state index < -0.39 is 7.82 Å². The minimum absolute atomic E-state index is 0.0183. The van der Waals surface area contributed by atoms with Crippen LogP contribution in [0, 0.1) is 0 Å². The quantitative estimate of drug-likeness (QED) is 0.520. The minimum Gasteiger partial charge on any atom is -0.404 e. The summed E-state index contributed by atoms with van der Waals surface area (Å²) in [5, 5.41) is 0.304. The Balaban J connectivity index is 2.92. The highest BCUT2D eigenvalue weighted by molar-refractivity contribution is 7.46. The van der Waals surface area contributed by atoms with E-state index in [1.54, 1.807) is 0 Å². The molecule has 0 amide bonds. The first-order valence-corrected chi connectivity index (χ1v) is 5.09. The van der Waals surface area contributed by atoms with Crippen molar-refractivity contribution in [3.05, 3.63) is 23.2 Å². The molecule has 0 saturated heterocycles. The molecule has 0 fully saturated rings. The molecule has 0 saturated carbocycles. The van der Waals surface area contributed by atoms with Crippen LogP contribution in [0.4, 0.5) is 5.69 Å². The molecule has 0 aliphatic rings. The molecular weight excluding hydrogens is 216 g/mol. The highest BCUT2D eigenvalue weighted by Gasteiger charge is 2.15. The number of nitrogen functional groups attached to an aromatic ring is 1. The predicted octanol–water partition coefficient (Wildman–Crippen LogP) is 1.39. The first kappa shape index (κ1) is 10.3. The van der Waals surface area contributed by atoms with Gasteiger partial charge in [-0.05, 0) is 12.1 Å². The molecule has 0 atom stereocenters. The Labute approximate surface area is 79.3 Å². The molecule has 13 heavy (non-hydrogen) atoms. The number of phosphoric acid groups is 1. The molecule has 0 spiro atoms. The lowest BCUT2D eigenvalue weighted by Gasteiger charge is -2.07. The maximum Gasteiger partial charge on any atom is 0.524 e. The number of benzene rings is 1. The van der Waals surface area contributed by atoms with Crippen LogP contribution in [-0.4, -0.2) is 9.79 Å². The van der Waals surface area contributed by atoms with E-state index in [9.17, 15) is 4.57 Å². The Morgan fingerprint density at radius 3 is 2.54 bits per heavy atom. The number of hydrogen-bond donors (Lipinski definition) is 3. The van der Waals surface area contributed by atoms with Crippen LogP contribution in [0.1, 0.15) is 0 Å². The van der Waals surface area contributed by atoms with Crippen molar-refractivity contribution in [3.63, 3.8) is 0 Å². The van der Waals surface area contributed by atoms with Gasteiger partial charge in [-0.15, -0.1) is 0 Å². The fourth-order valence-electron chi connectivity index (χ4n) is 0.716. The highest BCUT2D eigenvalue weighted by atomic mass is 35.5. The van der Waals surface area contributed by atoms with Gasteiger partial charge in [-0.2, -0.15) is 0 Å². The van der Waals surface area contributed by atoms with Crippen LogP contribution in [0.3, 0.4) is 0 Å². The molecule has 7 heteroatoms. The normalized spacial score (nSPS) is 11.3. The molecule has 4 N–H and O–H groups in total. The van der Waals surface area contributed by atoms with Crippen LogP contribution in [-0.2, 0) is 4.57 Å². The number of halogens is 1. The molecular formula is C6H7ClNO4P. The van der Waals surface area contributed by atoms with Crippen LogP contribution in [0.15, 0.2) is 18.2 Å². The van der Waals surface area contributed by atoms with E-state index in [0.717, 1.165) is 0 Å². The minimum atomic E-state index is -4.52. The molecule has 1 aromatic carbocycles. The monoisotopic (exact) mass is 223 g/mol. The molecule has 0 unspecified atom stereocenters. The third-order valence-electron chi connectivity index (χ3n) is 1.19. The van der Waals surface area contributed by atoms with Crippen molar-refractivity contribution >= 4 is 25.1 Å². The van der Waals surface area contributed by atoms with Crippen molar-refractivity contribution in [2.24, 2.45) is 0 Å². The van der Waals surface area contributed by atoms with Gasteiger partial charge in [0.2, 0.25) is 0 Å². The topological polar surface area (TPSA) is 92.8 Å². The Hall–Kier alpha value is -0.740. The van der Waals surface area contributed by atoms with Crippen LogP contribution in [0.5, 0.6) is 5.75 Å². The zero-order valence-corrected chi connectivity index (χ0v) is 8.00. The van der Waals surface area contributed by atoms with Crippen molar-refractivity contribution in [1.82, 2.24) is 0 Å². The average Bonchev–Trinajstić information content (AvgIpc) is 1.94. The van der Waals surface area contributed by atoms with Gasteiger partial charge in [-0.25, -0.2) is 4.57 Å². The van der Waals surface area contributed by atoms with E-state index in [2.05, 4.69) is 4.52 Å². The molecule has 1 rings (SSSR count). The van der Waals surface area contributed by atoms with E-state index in [1.807, 2.05) is 0 Å². The van der Waals surface area contributed by atoms with Gasteiger partial charge in [-0.3, -0.25) is 9.79 Å². The third kappa shape index (κ3) is 3.24. The van der Waals surface area contributed by atoms with Gasteiger partial charge in [0.1, 0.15) is 5.75 Å². The SMILES string of the molecule is Nc1cc(OP(=O)(O)O)ccc1Cl. The first-order valence-electron chi connectivity index (χ1n) is 3.18. The molecule has 0 aliphatic heterocycles. The van der Waals surface area contributed by atoms with E-state index >= 15 is 0 Å². The smallest absolute Gasteiger partial charge is 0.404 e. The summed E-state index contributed by atoms with van der Waals surface area (Å²) < 4.78 is 14.7. The molecule has 5 nitrogen and oxygen atoms in total. The number of hydrogen-bond acceptors (Lipinski definition) is 3. The summed E-state index contributed by atoms with van der Waals surface area (Å²) in [6, 6.07) is 3.95. The van der Waals surface area contributed by atoms with E-state index in [4.69, 9.17) is 27.1 Å². The van der Waals surface area contributed by atoms with Crippen molar-refractivity contribution < 1.29 is 18.9 Å². The van der Waals surface area contributed by atoms with Gasteiger partial charge in [0, 0.05) is 6.07 Å². The number of rotatable bonds is 2. The predicted molar refractivity (Wildman–Crippen MR) is 48.5 cm³/mol. The second-order valence-corrected chi connectivity index (χ2v) is 3.84. The molecule has 72 valence electrons. The van der Waals surface area contributed by atoms with E-state index in [0.29, 0.717) is 5.02 Å². The zero-order chi connectivity index (χ0) is 10.1. The first-order chi connectivity index (χ1) is 5.88. The molecule has 0 aromatic heterocycles. The molecule has 0 bridgehead atoms. The maximum atomic E-state index is 10.4. The summed E-state index contributed by atoms with van der Waals surface area (Å²) in [7, 11) is -4.52. The summed E-state index contributed by atoms with van der Waals surface area (Å²) in [6.07, 6.45) is 0. The molecule has 0 radical (unpaired) electrons. The summed E-state index contributed by atoms with van der Waals surface area (Å²) >= 11 is 5.58. The standard InChI is InChI=1S/C6H7ClNO4P/c7-5-2-1-4(3-6(5)8)12-13(9,10)11/h1-3H,8H2,(H2,9,10,11). The Kier molecular flexibility index (Phi) is 2.83. The van der Waals surface area contributed by atoms with E-state index in [-0.39, 0.29) is 11.4 Å². The van der Waals surface area contributed by atoms with Crippen molar-refractivity contribution in [3.8, 4) is 5.75 Å². The molecule has 0 heterocycles. The lowest BCUT2D eigenvalue weighted by atomic mass is 10.3. The van der Waals surface area contributed by atoms with Gasteiger partial charge in [0.25, 0.3) is 0 Å². The van der Waals surface area contributed by atoms with Crippen molar-refractivity contribution in [2.75, 3.05) is 5.73 Å². The maximum absolute atomic E-state index is 10.4. The fourth-order valence-corrected chi connectivity index (χ4v) is 1.22. The lowest BCUT2D eigenvalue weighted by molar-refractivity contribution is 0.283. The van der Waals surface area contributed by atoms with Gasteiger partial charge in [-0.1, -0.05) is 11.6 Å². The van der Waals surface area contributed by atoms with Gasteiger partial charge in [0.05, 0.1) is 10.7 Å². The second kappa shape index (κ2) is 3.55. The van der Waals surface area contributed by atoms with Gasteiger partial charge >= 0.3 is 7.82 Å². The van der Waals surface area contributed by atoms with Crippen LogP contribution in [0.25, 0.3) is 0 Å². The fraction of sp³-hybridized carbons (Fsp3) is 0. The summed E-state index contributed by atoms with van der Waals surface area (Å²) in [4.78, 5) is 16.9. The van der Waals surface area contributed by atoms with Crippen LogP contribution in [0.2, 0.25) is 5.02 Å². The zero-order valence-electron chi connectivity index (χ0n) is 6.35. The average molecular weight is 224 g/mol. The van der Waals surface area contributed by atoms with E-state index in [1.165, 1.54) is 18.2 Å². The van der Waals surface area contributed by atoms with Crippen molar-refractivity contribution in [2.45, 2.75) is 0 Å². The largest absolute Gasteiger partial charge is 0.524 e. The molecule has 1 aromatic rings. The number of phosphoric ester groups is 1. The summed E-state index contributed by atoms with van der Waals surface area (Å²) in [5.74, 6) is -0.0183. The van der Waals surface area contributed by atoms with Crippen molar-refractivity contribution in [1.29, 1.82) is 0 Å². The third-order valence-corrected chi connectivity index (χ3v) is 1.98. The summed E-state index contributed by atoms with van der Waals surface area (Å²) in [5.41, 5.74) is 5.58. The lowest BCUT2D eigenvalue weighted by Crippen LogP contribution is -1.92. The van der Waals surface area contributed by atoms with Gasteiger partial charge < -0.3 is 10.3 Å². The van der Waals surface area contributed by atoms with Crippen LogP contribution >= 0.6 is 19.4 Å². The summed E-state index contributed by atoms with van der Waals surface area (Å²) in [6.45, 7) is 0. The second-order valence-electron chi connectivity index (χ2n) is 2.27. The Morgan fingerprint density at radius 1 is 1.46 bits per heavy atom. The number of anilines is 1. The van der Waals surface area contributed by atoms with Gasteiger partial charge in [0.15, 0.2) is 0 Å². The van der Waals surface area contributed by atoms with Crippen LogP contribution < -0.4 is 10.3 Å². The number of nitrogens with two attached hydrogens (primary N) is 1. The molecule has 0 aliphatic carbocycles. The Morgan fingerprint density at radius 2 is 2.08 bits per heavy atom. The Bertz CT molecular complexity index is 364. The highest BCUT2D eigenvalue weighted by Crippen LogP contribution is 2.38.